The first-order valence-electron chi connectivity index (χ1n) is 13.9. The maximum absolute atomic E-state index is 14.9. The minimum absolute atomic E-state index is 0.0107. The lowest BCUT2D eigenvalue weighted by molar-refractivity contribution is -0.484. The van der Waals surface area contributed by atoms with Gasteiger partial charge in [-0.05, 0) is 64.8 Å². The van der Waals surface area contributed by atoms with Crippen LogP contribution in [0.4, 0.5) is 21.0 Å². The highest BCUT2D eigenvalue weighted by Gasteiger charge is 2.72. The molecule has 2 aromatic carbocycles. The van der Waals surface area contributed by atoms with Crippen LogP contribution in [-0.4, -0.2) is 58.1 Å². The average Bonchev–Trinajstić information content (AvgIpc) is 3.30. The second-order valence-corrected chi connectivity index (χ2v) is 12.7. The number of benzene rings is 2. The molecule has 0 bridgehead atoms. The van der Waals surface area contributed by atoms with Crippen molar-refractivity contribution in [3.63, 3.8) is 0 Å². The molecule has 0 spiro atoms. The number of hydrogen-bond acceptors (Lipinski definition) is 10. The van der Waals surface area contributed by atoms with Crippen molar-refractivity contribution in [3.05, 3.63) is 79.9 Å². The molecule has 2 heterocycles. The van der Waals surface area contributed by atoms with Crippen molar-refractivity contribution in [3.8, 4) is 0 Å². The van der Waals surface area contributed by atoms with Gasteiger partial charge in [0.25, 0.3) is 0 Å². The Morgan fingerprint density at radius 1 is 0.682 bits per heavy atom. The molecular formula is C30H34N4O10. The van der Waals surface area contributed by atoms with Gasteiger partial charge in [0.1, 0.15) is 22.0 Å². The van der Waals surface area contributed by atoms with E-state index in [4.69, 9.17) is 9.47 Å². The highest BCUT2D eigenvalue weighted by Crippen LogP contribution is 2.61. The Balaban J connectivity index is 2.10. The smallest absolute Gasteiger partial charge is 0.421 e. The van der Waals surface area contributed by atoms with Gasteiger partial charge in [-0.25, -0.2) is 19.4 Å². The van der Waals surface area contributed by atoms with Crippen LogP contribution in [0.1, 0.15) is 65.5 Å². The van der Waals surface area contributed by atoms with Crippen molar-refractivity contribution in [1.29, 1.82) is 0 Å². The molecule has 0 aliphatic carbocycles. The van der Waals surface area contributed by atoms with Crippen LogP contribution in [0.15, 0.2) is 48.5 Å². The normalized spacial score (nSPS) is 21.1. The molecule has 4 amide bonds. The lowest BCUT2D eigenvalue weighted by atomic mass is 9.54. The molecule has 14 heteroatoms. The van der Waals surface area contributed by atoms with Crippen LogP contribution in [0.5, 0.6) is 0 Å². The molecule has 0 saturated heterocycles. The molecule has 234 valence electrons. The molecule has 2 atom stereocenters. The van der Waals surface area contributed by atoms with Gasteiger partial charge in [0.15, 0.2) is 0 Å². The maximum atomic E-state index is 14.9. The summed E-state index contributed by atoms with van der Waals surface area (Å²) < 4.78 is 11.1. The van der Waals surface area contributed by atoms with Gasteiger partial charge in [-0.15, -0.1) is 0 Å². The molecule has 0 fully saturated rings. The van der Waals surface area contributed by atoms with Gasteiger partial charge >= 0.3 is 12.2 Å². The number of hydrogen-bond donors (Lipinski definition) is 0. The largest absolute Gasteiger partial charge is 0.443 e. The molecule has 0 aromatic heterocycles. The van der Waals surface area contributed by atoms with Gasteiger partial charge in [0.2, 0.25) is 24.9 Å². The Morgan fingerprint density at radius 3 is 1.30 bits per heavy atom. The quantitative estimate of drug-likeness (QED) is 0.313. The summed E-state index contributed by atoms with van der Waals surface area (Å²) in [5.74, 6) is -2.07. The molecule has 0 saturated carbocycles. The zero-order chi connectivity index (χ0) is 32.8. The highest BCUT2D eigenvalue weighted by atomic mass is 16.6. The fourth-order valence-corrected chi connectivity index (χ4v) is 6.12. The zero-order valence-corrected chi connectivity index (χ0v) is 25.3. The molecule has 2 unspecified atom stereocenters. The number of carbonyl (C=O) groups excluding carboxylic acids is 4. The summed E-state index contributed by atoms with van der Waals surface area (Å²) in [6.45, 7) is 7.85. The van der Waals surface area contributed by atoms with Crippen LogP contribution >= 0.6 is 0 Å². The second kappa shape index (κ2) is 11.0. The number of nitrogens with zero attached hydrogens (tertiary/aromatic N) is 4. The molecule has 44 heavy (non-hydrogen) atoms. The van der Waals surface area contributed by atoms with Gasteiger partial charge in [-0.3, -0.25) is 29.8 Å². The predicted molar refractivity (Wildman–Crippen MR) is 157 cm³/mol. The zero-order valence-electron chi connectivity index (χ0n) is 25.3. The number of carbonyl (C=O) groups is 4. The lowest BCUT2D eigenvalue weighted by Gasteiger charge is -2.43. The topological polar surface area (TPSA) is 180 Å². The number of nitro groups is 2. The van der Waals surface area contributed by atoms with Gasteiger partial charge in [-0.1, -0.05) is 36.4 Å². The first-order valence-corrected chi connectivity index (χ1v) is 13.9. The van der Waals surface area contributed by atoms with E-state index in [0.717, 1.165) is 9.80 Å². The van der Waals surface area contributed by atoms with Gasteiger partial charge in [0.05, 0.1) is 11.4 Å². The van der Waals surface area contributed by atoms with Gasteiger partial charge in [-0.2, -0.15) is 0 Å². The van der Waals surface area contributed by atoms with Crippen molar-refractivity contribution in [2.24, 2.45) is 0 Å². The number of ether oxygens (including phenoxy) is 2. The third-order valence-corrected chi connectivity index (χ3v) is 7.57. The van der Waals surface area contributed by atoms with Crippen LogP contribution in [0.2, 0.25) is 0 Å². The van der Waals surface area contributed by atoms with Crippen LogP contribution in [-0.2, 0) is 29.9 Å². The first kappa shape index (κ1) is 32.0. The van der Waals surface area contributed by atoms with Crippen LogP contribution in [0.25, 0.3) is 0 Å². The number of rotatable bonds is 7. The van der Waals surface area contributed by atoms with Crippen molar-refractivity contribution < 1.29 is 38.5 Å². The van der Waals surface area contributed by atoms with E-state index in [9.17, 15) is 39.4 Å². The van der Waals surface area contributed by atoms with E-state index in [-0.39, 0.29) is 22.5 Å². The number of imide groups is 2. The van der Waals surface area contributed by atoms with Crippen molar-refractivity contribution in [2.45, 2.75) is 76.4 Å². The Labute approximate surface area is 253 Å². The minimum Gasteiger partial charge on any atom is -0.443 e. The van der Waals surface area contributed by atoms with Crippen molar-refractivity contribution >= 4 is 35.4 Å². The Morgan fingerprint density at radius 2 is 1.00 bits per heavy atom. The number of anilines is 2. The summed E-state index contributed by atoms with van der Waals surface area (Å²) in [6, 6.07) is 11.9. The Bertz CT molecular complexity index is 1440. The van der Waals surface area contributed by atoms with Crippen LogP contribution in [0, 0.1) is 20.2 Å². The Kier molecular flexibility index (Phi) is 8.01. The molecular weight excluding hydrogens is 576 g/mol. The molecule has 0 radical (unpaired) electrons. The summed E-state index contributed by atoms with van der Waals surface area (Å²) in [7, 11) is 0. The van der Waals surface area contributed by atoms with Gasteiger partial charge in [0, 0.05) is 22.7 Å². The predicted octanol–water partition coefficient (Wildman–Crippen LogP) is 4.76. The van der Waals surface area contributed by atoms with E-state index >= 15 is 0 Å². The minimum atomic E-state index is -2.24. The summed E-state index contributed by atoms with van der Waals surface area (Å²) in [5.41, 5.74) is -6.43. The first-order chi connectivity index (χ1) is 20.4. The Hall–Kier alpha value is -4.88. The molecule has 4 rings (SSSR count). The van der Waals surface area contributed by atoms with E-state index < -0.39 is 81.8 Å². The summed E-state index contributed by atoms with van der Waals surface area (Å²) in [5, 5.41) is 23.7. The van der Waals surface area contributed by atoms with Crippen molar-refractivity contribution in [2.75, 3.05) is 22.9 Å². The summed E-state index contributed by atoms with van der Waals surface area (Å²) >= 11 is 0. The van der Waals surface area contributed by atoms with Crippen molar-refractivity contribution in [1.82, 2.24) is 0 Å². The number of fused-ring (bicyclic) bond motifs is 2. The van der Waals surface area contributed by atoms with E-state index in [1.54, 1.807) is 41.5 Å². The molecule has 2 aliphatic rings. The van der Waals surface area contributed by atoms with E-state index in [1.165, 1.54) is 48.5 Å². The summed E-state index contributed by atoms with van der Waals surface area (Å²) in [4.78, 5) is 80.7. The van der Waals surface area contributed by atoms with E-state index in [1.807, 2.05) is 0 Å². The molecule has 2 aliphatic heterocycles. The third kappa shape index (κ3) is 5.24. The molecule has 0 N–H and O–H groups in total. The summed E-state index contributed by atoms with van der Waals surface area (Å²) in [6.07, 6.45) is -3.44. The molecule has 2 aromatic rings. The van der Waals surface area contributed by atoms with E-state index in [2.05, 4.69) is 0 Å². The average molecular weight is 611 g/mol. The maximum Gasteiger partial charge on any atom is 0.421 e. The SMILES string of the molecule is CC(C)(C)OC(=O)N1C(=O)C(CC[N+](=O)[O-])(C2(CC[N+](=O)[O-])C(=O)N(C(=O)OC(C)(C)C)c3ccccc32)c2ccccc21. The highest BCUT2D eigenvalue weighted by molar-refractivity contribution is 6.28. The van der Waals surface area contributed by atoms with Crippen LogP contribution < -0.4 is 9.80 Å². The fourth-order valence-electron chi connectivity index (χ4n) is 6.12. The van der Waals surface area contributed by atoms with Gasteiger partial charge < -0.3 is 9.47 Å². The second-order valence-electron chi connectivity index (χ2n) is 12.7. The van der Waals surface area contributed by atoms with E-state index in [0.29, 0.717) is 0 Å². The monoisotopic (exact) mass is 610 g/mol. The standard InChI is InChI=1S/C30H34N4O10/c1-27(2,3)43-25(37)33-21-13-9-7-11-19(21)29(23(33)35,15-17-31(39)40)30(16-18-32(41)42)20-12-8-10-14-22(20)34(24(30)36)26(38)44-28(4,5)6/h7-14H,15-18H2,1-6H3. The number of amides is 4. The van der Waals surface area contributed by atoms with Crippen LogP contribution in [0.3, 0.4) is 0 Å². The third-order valence-electron chi connectivity index (χ3n) is 7.57. The lowest BCUT2D eigenvalue weighted by Crippen LogP contribution is -2.62. The molecule has 14 nitrogen and oxygen atoms in total. The number of para-hydroxylation sites is 2. The fraction of sp³-hybridized carbons (Fsp3) is 0.467.